The van der Waals surface area contributed by atoms with Crippen LogP contribution in [0.4, 0.5) is 0 Å². The van der Waals surface area contributed by atoms with Crippen LogP contribution in [0.5, 0.6) is 0 Å². The van der Waals surface area contributed by atoms with Crippen molar-refractivity contribution in [3.8, 4) is 0 Å². The summed E-state index contributed by atoms with van der Waals surface area (Å²) < 4.78 is 0. The number of nitrogens with zero attached hydrogens (tertiary/aromatic N) is 1. The smallest absolute Gasteiger partial charge is 0.317 e. The van der Waals surface area contributed by atoms with Crippen molar-refractivity contribution >= 4 is 5.57 Å². The van der Waals surface area contributed by atoms with E-state index in [-0.39, 0.29) is 5.82 Å². The van der Waals surface area contributed by atoms with Crippen LogP contribution in [-0.4, -0.2) is 4.92 Å². The van der Waals surface area contributed by atoms with Gasteiger partial charge in [0.1, 0.15) is 0 Å². The molecule has 16 heavy (non-hydrogen) atoms. The molecule has 0 heterocycles. The van der Waals surface area contributed by atoms with Crippen molar-refractivity contribution in [3.05, 3.63) is 51.3 Å². The number of aryl methyl sites for hydroxylation is 1. The van der Waals surface area contributed by atoms with Crippen molar-refractivity contribution in [1.82, 2.24) is 0 Å². The van der Waals surface area contributed by atoms with Gasteiger partial charge in [-0.2, -0.15) is 0 Å². The molecule has 0 aliphatic heterocycles. The molecule has 0 spiro atoms. The fourth-order valence-electron chi connectivity index (χ4n) is 1.74. The second-order valence-corrected chi connectivity index (χ2v) is 3.49. The Morgan fingerprint density at radius 1 is 1.38 bits per heavy atom. The molecule has 0 atom stereocenters. The molecular formula is C12H16N2O2. The van der Waals surface area contributed by atoms with Crippen LogP contribution in [0.15, 0.2) is 30.1 Å². The lowest BCUT2D eigenvalue weighted by Crippen LogP contribution is -2.12. The molecule has 86 valence electrons. The molecule has 0 amide bonds. The lowest BCUT2D eigenvalue weighted by molar-refractivity contribution is -0.425. The van der Waals surface area contributed by atoms with Crippen molar-refractivity contribution in [2.24, 2.45) is 5.73 Å². The van der Waals surface area contributed by atoms with E-state index in [0.29, 0.717) is 12.0 Å². The molecule has 1 aromatic rings. The lowest BCUT2D eigenvalue weighted by Gasteiger charge is -2.10. The largest absolute Gasteiger partial charge is 0.358 e. The summed E-state index contributed by atoms with van der Waals surface area (Å²) >= 11 is 0. The summed E-state index contributed by atoms with van der Waals surface area (Å²) in [5.74, 6) is -0.247. The number of allylic oxidation sites excluding steroid dienone is 1. The highest BCUT2D eigenvalue weighted by Crippen LogP contribution is 2.24. The van der Waals surface area contributed by atoms with Gasteiger partial charge < -0.3 is 10.1 Å². The highest BCUT2D eigenvalue weighted by Gasteiger charge is 2.14. The summed E-state index contributed by atoms with van der Waals surface area (Å²) in [6, 6.07) is 7.65. The van der Waals surface area contributed by atoms with Crippen LogP contribution in [0.25, 0.3) is 5.57 Å². The van der Waals surface area contributed by atoms with Crippen LogP contribution in [0, 0.1) is 10.1 Å². The van der Waals surface area contributed by atoms with Crippen molar-refractivity contribution in [1.29, 1.82) is 0 Å². The van der Waals surface area contributed by atoms with Gasteiger partial charge in [0.05, 0.1) is 5.57 Å². The minimum atomic E-state index is -0.523. The standard InChI is InChI=1S/C12H16N2O2/c1-3-9-7-5-6-8-11(9)10(4-2)12(13)14(15)16/h5-8H,3-4,13H2,1-2H3. The van der Waals surface area contributed by atoms with Gasteiger partial charge in [-0.1, -0.05) is 38.1 Å². The monoisotopic (exact) mass is 220 g/mol. The summed E-state index contributed by atoms with van der Waals surface area (Å²) in [7, 11) is 0. The van der Waals surface area contributed by atoms with Gasteiger partial charge in [0, 0.05) is 0 Å². The van der Waals surface area contributed by atoms with Crippen molar-refractivity contribution < 1.29 is 4.92 Å². The molecule has 0 radical (unpaired) electrons. The minimum Gasteiger partial charge on any atom is -0.358 e. The lowest BCUT2D eigenvalue weighted by atomic mass is 9.96. The van der Waals surface area contributed by atoms with E-state index >= 15 is 0 Å². The Morgan fingerprint density at radius 3 is 2.50 bits per heavy atom. The maximum Gasteiger partial charge on any atom is 0.317 e. The summed E-state index contributed by atoms with van der Waals surface area (Å²) in [5.41, 5.74) is 8.10. The van der Waals surface area contributed by atoms with Crippen molar-refractivity contribution in [2.75, 3.05) is 0 Å². The Bertz CT molecular complexity index is 425. The Morgan fingerprint density at radius 2 is 2.00 bits per heavy atom. The molecule has 0 fully saturated rings. The fourth-order valence-corrected chi connectivity index (χ4v) is 1.74. The molecule has 0 saturated heterocycles. The van der Waals surface area contributed by atoms with E-state index < -0.39 is 4.92 Å². The zero-order chi connectivity index (χ0) is 12.1. The maximum absolute atomic E-state index is 10.7. The van der Waals surface area contributed by atoms with Crippen molar-refractivity contribution in [2.45, 2.75) is 26.7 Å². The predicted molar refractivity (Wildman–Crippen MR) is 64.2 cm³/mol. The van der Waals surface area contributed by atoms with E-state index in [1.54, 1.807) is 0 Å². The SMILES string of the molecule is CCC(=C(N)[N+](=O)[O-])c1ccccc1CC. The van der Waals surface area contributed by atoms with Gasteiger partial charge in [-0.05, 0) is 28.9 Å². The van der Waals surface area contributed by atoms with Crippen LogP contribution >= 0.6 is 0 Å². The minimum absolute atomic E-state index is 0.247. The topological polar surface area (TPSA) is 69.2 Å². The first-order chi connectivity index (χ1) is 7.61. The molecule has 4 heteroatoms. The average molecular weight is 220 g/mol. The zero-order valence-corrected chi connectivity index (χ0v) is 9.56. The molecule has 4 nitrogen and oxygen atoms in total. The number of nitro groups is 1. The number of benzene rings is 1. The van der Waals surface area contributed by atoms with Gasteiger partial charge in [-0.15, -0.1) is 0 Å². The first kappa shape index (κ1) is 12.2. The Balaban J connectivity index is 3.34. The maximum atomic E-state index is 10.7. The zero-order valence-electron chi connectivity index (χ0n) is 9.56. The first-order valence-electron chi connectivity index (χ1n) is 5.33. The van der Waals surface area contributed by atoms with E-state index in [1.807, 2.05) is 38.1 Å². The molecule has 0 unspecified atom stereocenters. The van der Waals surface area contributed by atoms with Crippen LogP contribution in [-0.2, 0) is 6.42 Å². The van der Waals surface area contributed by atoms with E-state index in [1.165, 1.54) is 0 Å². The Hall–Kier alpha value is -1.84. The highest BCUT2D eigenvalue weighted by molar-refractivity contribution is 5.69. The number of nitrogens with two attached hydrogens (primary N) is 1. The fraction of sp³-hybridized carbons (Fsp3) is 0.333. The first-order valence-corrected chi connectivity index (χ1v) is 5.33. The van der Waals surface area contributed by atoms with Gasteiger partial charge in [0.2, 0.25) is 0 Å². The summed E-state index contributed by atoms with van der Waals surface area (Å²) in [4.78, 5) is 10.2. The van der Waals surface area contributed by atoms with E-state index in [2.05, 4.69) is 0 Å². The number of hydrogen-bond acceptors (Lipinski definition) is 3. The summed E-state index contributed by atoms with van der Waals surface area (Å²) in [6.07, 6.45) is 1.40. The third-order valence-corrected chi connectivity index (χ3v) is 2.58. The molecule has 0 saturated carbocycles. The van der Waals surface area contributed by atoms with E-state index in [9.17, 15) is 10.1 Å². The quantitative estimate of drug-likeness (QED) is 0.626. The molecular weight excluding hydrogens is 204 g/mol. The summed E-state index contributed by atoms with van der Waals surface area (Å²) in [6.45, 7) is 3.90. The third kappa shape index (κ3) is 2.39. The normalized spacial score (nSPS) is 12.1. The molecule has 2 N–H and O–H groups in total. The average Bonchev–Trinajstić information content (AvgIpc) is 2.30. The second kappa shape index (κ2) is 5.30. The van der Waals surface area contributed by atoms with Gasteiger partial charge >= 0.3 is 5.82 Å². The Kier molecular flexibility index (Phi) is 4.05. The number of rotatable bonds is 4. The van der Waals surface area contributed by atoms with E-state index in [4.69, 9.17) is 5.73 Å². The van der Waals surface area contributed by atoms with Crippen LogP contribution < -0.4 is 5.73 Å². The van der Waals surface area contributed by atoms with Crippen LogP contribution in [0.1, 0.15) is 31.4 Å². The molecule has 0 bridgehead atoms. The molecule has 0 aromatic heterocycles. The van der Waals surface area contributed by atoms with Gasteiger partial charge in [-0.3, -0.25) is 5.73 Å². The molecule has 0 aliphatic carbocycles. The van der Waals surface area contributed by atoms with Crippen molar-refractivity contribution in [3.63, 3.8) is 0 Å². The van der Waals surface area contributed by atoms with Gasteiger partial charge in [0.25, 0.3) is 0 Å². The highest BCUT2D eigenvalue weighted by atomic mass is 16.6. The Labute approximate surface area is 94.9 Å². The van der Waals surface area contributed by atoms with Gasteiger partial charge in [-0.25, -0.2) is 0 Å². The van der Waals surface area contributed by atoms with Gasteiger partial charge in [0.15, 0.2) is 0 Å². The molecule has 0 aliphatic rings. The molecule has 1 aromatic carbocycles. The number of hydrogen-bond donors (Lipinski definition) is 1. The molecule has 1 rings (SSSR count). The second-order valence-electron chi connectivity index (χ2n) is 3.49. The van der Waals surface area contributed by atoms with Crippen LogP contribution in [0.3, 0.4) is 0 Å². The summed E-state index contributed by atoms with van der Waals surface area (Å²) in [5, 5.41) is 10.7. The third-order valence-electron chi connectivity index (χ3n) is 2.58. The van der Waals surface area contributed by atoms with Crippen LogP contribution in [0.2, 0.25) is 0 Å². The van der Waals surface area contributed by atoms with E-state index in [0.717, 1.165) is 17.5 Å². The predicted octanol–water partition coefficient (Wildman–Crippen LogP) is 2.56.